The fourth-order valence-electron chi connectivity index (χ4n) is 3.63. The summed E-state index contributed by atoms with van der Waals surface area (Å²) in [6.07, 6.45) is 3.27. The zero-order valence-corrected chi connectivity index (χ0v) is 14.0. The van der Waals surface area contributed by atoms with Crippen molar-refractivity contribution in [1.82, 2.24) is 10.6 Å². The molecule has 1 unspecified atom stereocenters. The minimum atomic E-state index is -0.140. The highest BCUT2D eigenvalue weighted by molar-refractivity contribution is 5.99. The van der Waals surface area contributed by atoms with Gasteiger partial charge >= 0.3 is 6.03 Å². The van der Waals surface area contributed by atoms with E-state index >= 15 is 0 Å². The molecule has 0 spiro atoms. The van der Waals surface area contributed by atoms with Gasteiger partial charge in [0, 0.05) is 18.3 Å². The normalized spacial score (nSPS) is 18.1. The average Bonchev–Trinajstić information content (AvgIpc) is 2.99. The zero-order valence-electron chi connectivity index (χ0n) is 14.0. The van der Waals surface area contributed by atoms with Gasteiger partial charge in [0.05, 0.1) is 6.42 Å². The molecule has 1 heterocycles. The van der Waals surface area contributed by atoms with Gasteiger partial charge in [0.15, 0.2) is 0 Å². The fourth-order valence-corrected chi connectivity index (χ4v) is 3.63. The molecule has 1 aliphatic carbocycles. The maximum Gasteiger partial charge on any atom is 0.315 e. The minimum Gasteiger partial charge on any atom is -0.335 e. The van der Waals surface area contributed by atoms with Crippen molar-refractivity contribution < 1.29 is 9.59 Å². The van der Waals surface area contributed by atoms with E-state index in [1.807, 2.05) is 18.2 Å². The standard InChI is InChI=1S/C20H21N3O2/c24-19-11-16-9-13(5-8-18(16)23-19)12-21-20(25)22-17-7-6-14-3-1-2-4-15(14)10-17/h1-5,8-9,17H,6-7,10-12H2,(H,23,24)(H2,21,22,25). The molecule has 3 N–H and O–H groups in total. The molecular weight excluding hydrogens is 314 g/mol. The van der Waals surface area contributed by atoms with Crippen LogP contribution in [0.25, 0.3) is 0 Å². The van der Waals surface area contributed by atoms with E-state index in [1.165, 1.54) is 11.1 Å². The number of nitrogens with one attached hydrogen (secondary N) is 3. The number of amides is 3. The highest BCUT2D eigenvalue weighted by atomic mass is 16.2. The van der Waals surface area contributed by atoms with E-state index in [0.29, 0.717) is 13.0 Å². The summed E-state index contributed by atoms with van der Waals surface area (Å²) < 4.78 is 0. The molecule has 2 aromatic rings. The largest absolute Gasteiger partial charge is 0.335 e. The molecule has 5 nitrogen and oxygen atoms in total. The lowest BCUT2D eigenvalue weighted by Crippen LogP contribution is -2.44. The van der Waals surface area contributed by atoms with Crippen molar-refractivity contribution >= 4 is 17.6 Å². The molecule has 128 valence electrons. The molecule has 1 atom stereocenters. The second-order valence-corrected chi connectivity index (χ2v) is 6.75. The quantitative estimate of drug-likeness (QED) is 0.807. The maximum atomic E-state index is 12.2. The fraction of sp³-hybridized carbons (Fsp3) is 0.300. The van der Waals surface area contributed by atoms with Crippen molar-refractivity contribution in [3.05, 3.63) is 64.7 Å². The molecular formula is C20H21N3O2. The highest BCUT2D eigenvalue weighted by Gasteiger charge is 2.20. The van der Waals surface area contributed by atoms with Crippen LogP contribution in [0.5, 0.6) is 0 Å². The summed E-state index contributed by atoms with van der Waals surface area (Å²) >= 11 is 0. The van der Waals surface area contributed by atoms with Crippen LogP contribution in [0.15, 0.2) is 42.5 Å². The first-order valence-electron chi connectivity index (χ1n) is 8.70. The third-order valence-electron chi connectivity index (χ3n) is 4.93. The van der Waals surface area contributed by atoms with Crippen molar-refractivity contribution in [2.75, 3.05) is 5.32 Å². The van der Waals surface area contributed by atoms with Gasteiger partial charge in [-0.15, -0.1) is 0 Å². The summed E-state index contributed by atoms with van der Waals surface area (Å²) in [5.41, 5.74) is 5.59. The molecule has 0 saturated carbocycles. The van der Waals surface area contributed by atoms with Crippen molar-refractivity contribution in [1.29, 1.82) is 0 Å². The van der Waals surface area contributed by atoms with Gasteiger partial charge in [-0.05, 0) is 47.6 Å². The first kappa shape index (κ1) is 15.7. The summed E-state index contributed by atoms with van der Waals surface area (Å²) in [5.74, 6) is 0.0235. The van der Waals surface area contributed by atoms with Crippen LogP contribution in [-0.2, 0) is 30.6 Å². The van der Waals surface area contributed by atoms with Gasteiger partial charge in [0.1, 0.15) is 0 Å². The number of hydrogen-bond acceptors (Lipinski definition) is 2. The molecule has 3 amide bonds. The van der Waals surface area contributed by atoms with Gasteiger partial charge in [0.2, 0.25) is 5.91 Å². The number of rotatable bonds is 3. The Morgan fingerprint density at radius 1 is 1.12 bits per heavy atom. The summed E-state index contributed by atoms with van der Waals surface area (Å²) in [5, 5.41) is 8.80. The molecule has 0 radical (unpaired) electrons. The molecule has 2 aromatic carbocycles. The van der Waals surface area contributed by atoms with Crippen LogP contribution < -0.4 is 16.0 Å². The number of fused-ring (bicyclic) bond motifs is 2. The van der Waals surface area contributed by atoms with Crippen LogP contribution in [0.3, 0.4) is 0 Å². The molecule has 0 fully saturated rings. The maximum absolute atomic E-state index is 12.2. The number of aryl methyl sites for hydroxylation is 1. The lowest BCUT2D eigenvalue weighted by atomic mass is 9.88. The van der Waals surface area contributed by atoms with Crippen molar-refractivity contribution in [2.24, 2.45) is 0 Å². The van der Waals surface area contributed by atoms with Crippen molar-refractivity contribution in [3.8, 4) is 0 Å². The SMILES string of the molecule is O=C1Cc2cc(CNC(=O)NC3CCc4ccccc4C3)ccc2N1. The van der Waals surface area contributed by atoms with Gasteiger partial charge in [-0.1, -0.05) is 36.4 Å². The number of urea groups is 1. The van der Waals surface area contributed by atoms with Crippen LogP contribution in [0.1, 0.15) is 28.7 Å². The van der Waals surface area contributed by atoms with E-state index in [0.717, 1.165) is 36.1 Å². The van der Waals surface area contributed by atoms with Gasteiger partial charge in [0.25, 0.3) is 0 Å². The Bertz CT molecular complexity index is 831. The molecule has 0 bridgehead atoms. The summed E-state index contributed by atoms with van der Waals surface area (Å²) in [7, 11) is 0. The van der Waals surface area contributed by atoms with E-state index in [4.69, 9.17) is 0 Å². The number of anilines is 1. The molecule has 0 saturated heterocycles. The van der Waals surface area contributed by atoms with E-state index in [9.17, 15) is 9.59 Å². The van der Waals surface area contributed by atoms with Crippen molar-refractivity contribution in [2.45, 2.75) is 38.3 Å². The minimum absolute atomic E-state index is 0.0235. The number of carbonyl (C=O) groups is 2. The first-order valence-corrected chi connectivity index (χ1v) is 8.70. The van der Waals surface area contributed by atoms with Gasteiger partial charge in [-0.25, -0.2) is 4.79 Å². The number of hydrogen-bond donors (Lipinski definition) is 3. The zero-order chi connectivity index (χ0) is 17.2. The van der Waals surface area contributed by atoms with Gasteiger partial charge < -0.3 is 16.0 Å². The molecule has 25 heavy (non-hydrogen) atoms. The topological polar surface area (TPSA) is 70.2 Å². The molecule has 0 aromatic heterocycles. The molecule has 1 aliphatic heterocycles. The molecule has 5 heteroatoms. The van der Waals surface area contributed by atoms with Crippen LogP contribution in [0.4, 0.5) is 10.5 Å². The van der Waals surface area contributed by atoms with Crippen LogP contribution in [0, 0.1) is 0 Å². The second kappa shape index (κ2) is 6.59. The predicted molar refractivity (Wildman–Crippen MR) is 96.4 cm³/mol. The van der Waals surface area contributed by atoms with E-state index < -0.39 is 0 Å². The smallest absolute Gasteiger partial charge is 0.315 e. The molecule has 2 aliphatic rings. The summed E-state index contributed by atoms with van der Waals surface area (Å²) in [6.45, 7) is 0.455. The van der Waals surface area contributed by atoms with Crippen LogP contribution in [0.2, 0.25) is 0 Å². The molecule has 4 rings (SSSR count). The lowest BCUT2D eigenvalue weighted by molar-refractivity contribution is -0.115. The third-order valence-corrected chi connectivity index (χ3v) is 4.93. The Morgan fingerprint density at radius 2 is 1.96 bits per heavy atom. The Hall–Kier alpha value is -2.82. The Balaban J connectivity index is 1.30. The van der Waals surface area contributed by atoms with Gasteiger partial charge in [-0.3, -0.25) is 4.79 Å². The van der Waals surface area contributed by atoms with Crippen LogP contribution >= 0.6 is 0 Å². The predicted octanol–water partition coefficient (Wildman–Crippen LogP) is 2.54. The lowest BCUT2D eigenvalue weighted by Gasteiger charge is -2.25. The van der Waals surface area contributed by atoms with Crippen molar-refractivity contribution in [3.63, 3.8) is 0 Å². The van der Waals surface area contributed by atoms with Gasteiger partial charge in [-0.2, -0.15) is 0 Å². The second-order valence-electron chi connectivity index (χ2n) is 6.75. The Kier molecular flexibility index (Phi) is 4.14. The highest BCUT2D eigenvalue weighted by Crippen LogP contribution is 2.24. The Morgan fingerprint density at radius 3 is 2.84 bits per heavy atom. The monoisotopic (exact) mass is 335 g/mol. The van der Waals surface area contributed by atoms with Crippen LogP contribution in [-0.4, -0.2) is 18.0 Å². The van der Waals surface area contributed by atoms with E-state index in [1.54, 1.807) is 0 Å². The first-order chi connectivity index (χ1) is 12.2. The summed E-state index contributed by atoms with van der Waals surface area (Å²) in [6, 6.07) is 14.3. The third kappa shape index (κ3) is 3.50. The van der Waals surface area contributed by atoms with E-state index in [-0.39, 0.29) is 18.0 Å². The van der Waals surface area contributed by atoms with E-state index in [2.05, 4.69) is 40.2 Å². The number of carbonyl (C=O) groups excluding carboxylic acids is 2. The average molecular weight is 335 g/mol. The number of benzene rings is 2. The summed E-state index contributed by atoms with van der Waals surface area (Å²) in [4.78, 5) is 23.6. The Labute approximate surface area is 146 Å².